The van der Waals surface area contributed by atoms with Crippen LogP contribution in [0.15, 0.2) is 96.2 Å². The lowest BCUT2D eigenvalue weighted by Crippen LogP contribution is -2.31. The molecule has 0 saturated heterocycles. The lowest BCUT2D eigenvalue weighted by atomic mass is 9.80. The maximum absolute atomic E-state index is 13.9. The van der Waals surface area contributed by atoms with E-state index in [4.69, 9.17) is 11.5 Å². The monoisotopic (exact) mass is 529 g/mol. The zero-order valence-electron chi connectivity index (χ0n) is 22.1. The third-order valence-electron chi connectivity index (χ3n) is 8.27. The topological polar surface area (TPSA) is 110 Å². The van der Waals surface area contributed by atoms with Crippen LogP contribution in [0.3, 0.4) is 0 Å². The van der Waals surface area contributed by atoms with Crippen molar-refractivity contribution in [2.75, 3.05) is 12.3 Å². The van der Waals surface area contributed by atoms with Crippen LogP contribution >= 0.6 is 0 Å². The Hall–Kier alpha value is -4.69. The summed E-state index contributed by atoms with van der Waals surface area (Å²) in [5, 5.41) is 0.846. The van der Waals surface area contributed by atoms with E-state index in [1.807, 2.05) is 51.6 Å². The number of nitrogens with two attached hydrogens (primary N) is 2. The van der Waals surface area contributed by atoms with E-state index in [9.17, 15) is 4.79 Å². The molecule has 0 atom stereocenters. The van der Waals surface area contributed by atoms with Gasteiger partial charge >= 0.3 is 5.69 Å². The van der Waals surface area contributed by atoms with Gasteiger partial charge in [-0.2, -0.15) is 0 Å². The predicted molar refractivity (Wildman–Crippen MR) is 159 cm³/mol. The lowest BCUT2D eigenvalue weighted by Gasteiger charge is -2.35. The predicted octanol–water partition coefficient (Wildman–Crippen LogP) is 4.80. The fourth-order valence-corrected chi connectivity index (χ4v) is 6.05. The number of nitrogens with zero attached hydrogens (tertiary/aromatic N) is 5. The lowest BCUT2D eigenvalue weighted by molar-refractivity contribution is 0.209. The number of benzene rings is 3. The summed E-state index contributed by atoms with van der Waals surface area (Å²) in [4.78, 5) is 22.8. The molecule has 0 amide bonds. The molecule has 7 rings (SSSR count). The van der Waals surface area contributed by atoms with E-state index in [-0.39, 0.29) is 5.69 Å². The number of aromatic nitrogens is 5. The van der Waals surface area contributed by atoms with Crippen LogP contribution in [0, 0.1) is 5.92 Å². The van der Waals surface area contributed by atoms with E-state index < -0.39 is 0 Å². The van der Waals surface area contributed by atoms with Gasteiger partial charge in [0.05, 0.1) is 29.5 Å². The van der Waals surface area contributed by atoms with Gasteiger partial charge < -0.3 is 16.0 Å². The number of fused-ring (bicyclic) bond motifs is 2. The second kappa shape index (κ2) is 9.81. The molecular formula is C32H31N7O. The summed E-state index contributed by atoms with van der Waals surface area (Å²) in [6.45, 7) is 1.69. The van der Waals surface area contributed by atoms with Gasteiger partial charge in [-0.1, -0.05) is 66.7 Å². The second-order valence-electron chi connectivity index (χ2n) is 10.8. The molecule has 4 N–H and O–H groups in total. The number of rotatable bonds is 7. The highest BCUT2D eigenvalue weighted by atomic mass is 16.1. The van der Waals surface area contributed by atoms with Crippen molar-refractivity contribution in [1.29, 1.82) is 0 Å². The summed E-state index contributed by atoms with van der Waals surface area (Å²) in [7, 11) is 0. The first-order chi connectivity index (χ1) is 19.6. The molecule has 6 aromatic rings. The molecule has 1 aliphatic rings. The normalized spacial score (nSPS) is 16.9. The van der Waals surface area contributed by atoms with Crippen LogP contribution in [0.25, 0.3) is 33.2 Å². The van der Waals surface area contributed by atoms with Gasteiger partial charge in [-0.3, -0.25) is 9.13 Å². The number of hydrogen-bond donors (Lipinski definition) is 2. The van der Waals surface area contributed by atoms with Crippen LogP contribution in [-0.4, -0.2) is 30.2 Å². The van der Waals surface area contributed by atoms with E-state index in [0.29, 0.717) is 37.4 Å². The maximum Gasteiger partial charge on any atom is 0.329 e. The van der Waals surface area contributed by atoms with E-state index in [1.165, 1.54) is 6.33 Å². The Labute approximate surface area is 231 Å². The molecular weight excluding hydrogens is 498 g/mol. The molecule has 0 aliphatic heterocycles. The Kier molecular flexibility index (Phi) is 5.97. The molecule has 0 spiro atoms. The Morgan fingerprint density at radius 2 is 1.48 bits per heavy atom. The minimum absolute atomic E-state index is 0.0348. The number of anilines is 1. The average Bonchev–Trinajstić information content (AvgIpc) is 3.46. The molecule has 40 heavy (non-hydrogen) atoms. The fourth-order valence-electron chi connectivity index (χ4n) is 6.05. The van der Waals surface area contributed by atoms with Crippen molar-refractivity contribution >= 4 is 27.9 Å². The summed E-state index contributed by atoms with van der Waals surface area (Å²) in [6.07, 6.45) is 5.74. The van der Waals surface area contributed by atoms with Gasteiger partial charge in [0, 0.05) is 17.8 Å². The van der Waals surface area contributed by atoms with Crippen molar-refractivity contribution in [3.63, 3.8) is 0 Å². The van der Waals surface area contributed by atoms with E-state index >= 15 is 0 Å². The summed E-state index contributed by atoms with van der Waals surface area (Å²) >= 11 is 0. The first-order valence-electron chi connectivity index (χ1n) is 13.7. The SMILES string of the molecule is NCC1CC(n2cc(-c3ccc4c(c3)n(Cc3ccccc3)c(=O)n4Cc3ccccc3)c3c(N)ncnc32)C1. The maximum atomic E-state index is 13.9. The first-order valence-corrected chi connectivity index (χ1v) is 13.7. The van der Waals surface area contributed by atoms with Crippen molar-refractivity contribution in [1.82, 2.24) is 23.7 Å². The molecule has 0 unspecified atom stereocenters. The zero-order chi connectivity index (χ0) is 27.2. The molecule has 8 heteroatoms. The van der Waals surface area contributed by atoms with Crippen molar-refractivity contribution in [3.05, 3.63) is 113 Å². The quantitative estimate of drug-likeness (QED) is 0.309. The Morgan fingerprint density at radius 1 is 0.825 bits per heavy atom. The van der Waals surface area contributed by atoms with Crippen molar-refractivity contribution in [3.8, 4) is 11.1 Å². The molecule has 3 aromatic carbocycles. The van der Waals surface area contributed by atoms with Gasteiger partial charge in [0.25, 0.3) is 0 Å². The van der Waals surface area contributed by atoms with Gasteiger partial charge in [-0.25, -0.2) is 14.8 Å². The van der Waals surface area contributed by atoms with Gasteiger partial charge in [0.15, 0.2) is 0 Å². The Morgan fingerprint density at radius 3 is 2.12 bits per heavy atom. The van der Waals surface area contributed by atoms with Crippen LogP contribution in [0.5, 0.6) is 0 Å². The molecule has 0 radical (unpaired) electrons. The largest absolute Gasteiger partial charge is 0.383 e. The van der Waals surface area contributed by atoms with E-state index in [0.717, 1.165) is 57.2 Å². The summed E-state index contributed by atoms with van der Waals surface area (Å²) in [6, 6.07) is 26.8. The van der Waals surface area contributed by atoms with Gasteiger partial charge in [0.1, 0.15) is 17.8 Å². The van der Waals surface area contributed by atoms with E-state index in [1.54, 1.807) is 0 Å². The first kappa shape index (κ1) is 24.4. The molecule has 1 fully saturated rings. The third-order valence-corrected chi connectivity index (χ3v) is 8.27. The smallest absolute Gasteiger partial charge is 0.329 e. The molecule has 1 saturated carbocycles. The van der Waals surface area contributed by atoms with Crippen LogP contribution in [0.4, 0.5) is 5.82 Å². The number of nitrogen functional groups attached to an aromatic ring is 1. The van der Waals surface area contributed by atoms with E-state index in [2.05, 4.69) is 57.1 Å². The van der Waals surface area contributed by atoms with Crippen molar-refractivity contribution in [2.45, 2.75) is 32.0 Å². The molecule has 1 aliphatic carbocycles. The highest BCUT2D eigenvalue weighted by Gasteiger charge is 2.31. The van der Waals surface area contributed by atoms with Crippen molar-refractivity contribution < 1.29 is 0 Å². The van der Waals surface area contributed by atoms with Crippen LogP contribution in [0.2, 0.25) is 0 Å². The highest BCUT2D eigenvalue weighted by Crippen LogP contribution is 2.42. The summed E-state index contributed by atoms with van der Waals surface area (Å²) < 4.78 is 5.96. The molecule has 8 nitrogen and oxygen atoms in total. The van der Waals surface area contributed by atoms with Gasteiger partial charge in [-0.15, -0.1) is 0 Å². The minimum Gasteiger partial charge on any atom is -0.383 e. The average molecular weight is 530 g/mol. The fraction of sp³-hybridized carbons (Fsp3) is 0.219. The summed E-state index contributed by atoms with van der Waals surface area (Å²) in [5.41, 5.74) is 19.0. The molecule has 200 valence electrons. The van der Waals surface area contributed by atoms with Crippen LogP contribution in [-0.2, 0) is 13.1 Å². The Balaban J connectivity index is 1.39. The zero-order valence-corrected chi connectivity index (χ0v) is 22.1. The molecule has 3 aromatic heterocycles. The molecule has 0 bridgehead atoms. The third kappa shape index (κ3) is 4.08. The standard InChI is InChI=1S/C32H31N7O/c33-16-23-13-25(14-23)37-19-26(29-30(34)35-20-36-31(29)37)24-11-12-27-28(15-24)39(18-22-9-5-2-6-10-22)32(40)38(27)17-21-7-3-1-4-8-21/h1-12,15,19-20,23,25H,13-14,16-18,33H2,(H2,34,35,36). The second-order valence-corrected chi connectivity index (χ2v) is 10.8. The minimum atomic E-state index is -0.0348. The summed E-state index contributed by atoms with van der Waals surface area (Å²) in [5.74, 6) is 0.995. The van der Waals surface area contributed by atoms with Gasteiger partial charge in [0.2, 0.25) is 0 Å². The Bertz CT molecular complexity index is 1880. The van der Waals surface area contributed by atoms with Crippen LogP contribution in [0.1, 0.15) is 30.0 Å². The highest BCUT2D eigenvalue weighted by molar-refractivity contribution is 6.02. The molecule has 3 heterocycles. The number of imidazole rings is 1. The van der Waals surface area contributed by atoms with Gasteiger partial charge in [-0.05, 0) is 54.1 Å². The van der Waals surface area contributed by atoms with Crippen molar-refractivity contribution in [2.24, 2.45) is 11.7 Å². The van der Waals surface area contributed by atoms with Crippen LogP contribution < -0.4 is 17.2 Å². The number of hydrogen-bond acceptors (Lipinski definition) is 5.